The Morgan fingerprint density at radius 1 is 1.36 bits per heavy atom. The maximum atomic E-state index is 12.3. The van der Waals surface area contributed by atoms with Crippen LogP contribution in [0.3, 0.4) is 0 Å². The van der Waals surface area contributed by atoms with Gasteiger partial charge in [-0.1, -0.05) is 19.0 Å². The Labute approximate surface area is 126 Å². The minimum atomic E-state index is -4.32. The molecule has 0 aliphatic carbocycles. The summed E-state index contributed by atoms with van der Waals surface area (Å²) in [5, 5.41) is 3.41. The van der Waals surface area contributed by atoms with Crippen LogP contribution in [0, 0.1) is 5.41 Å². The van der Waals surface area contributed by atoms with Crippen LogP contribution in [-0.2, 0) is 17.7 Å². The standard InChI is InChI=1S/C14H20F3N3O2/c1-13(2)8-20(12(13)9-4-3-5-21-9)7-11-18-10(19-22-11)6-14(15,16)17/h9,12H,3-8H2,1-2H3. The monoisotopic (exact) mass is 319 g/mol. The molecule has 0 radical (unpaired) electrons. The third kappa shape index (κ3) is 3.27. The molecule has 2 saturated heterocycles. The number of hydrogen-bond donors (Lipinski definition) is 0. The van der Waals surface area contributed by atoms with Crippen molar-refractivity contribution in [2.75, 3.05) is 13.2 Å². The molecule has 3 rings (SSSR count). The summed E-state index contributed by atoms with van der Waals surface area (Å²) in [6, 6.07) is 0.243. The van der Waals surface area contributed by atoms with Crippen molar-refractivity contribution in [3.05, 3.63) is 11.7 Å². The van der Waals surface area contributed by atoms with Gasteiger partial charge in [-0.2, -0.15) is 18.2 Å². The summed E-state index contributed by atoms with van der Waals surface area (Å²) in [6.45, 7) is 6.35. The average Bonchev–Trinajstić information content (AvgIpc) is 2.98. The fourth-order valence-electron chi connectivity index (χ4n) is 3.62. The Morgan fingerprint density at radius 3 is 2.73 bits per heavy atom. The number of hydrogen-bond acceptors (Lipinski definition) is 5. The zero-order chi connectivity index (χ0) is 16.0. The predicted molar refractivity (Wildman–Crippen MR) is 71.0 cm³/mol. The van der Waals surface area contributed by atoms with Gasteiger partial charge in [0.05, 0.1) is 12.6 Å². The highest BCUT2D eigenvalue weighted by atomic mass is 19.4. The van der Waals surface area contributed by atoms with Gasteiger partial charge in [0, 0.05) is 19.2 Å². The highest BCUT2D eigenvalue weighted by Crippen LogP contribution is 2.42. The maximum Gasteiger partial charge on any atom is 0.396 e. The summed E-state index contributed by atoms with van der Waals surface area (Å²) >= 11 is 0. The van der Waals surface area contributed by atoms with E-state index in [0.29, 0.717) is 6.54 Å². The molecule has 5 nitrogen and oxygen atoms in total. The lowest BCUT2D eigenvalue weighted by Gasteiger charge is -2.56. The molecule has 0 aromatic carbocycles. The molecule has 0 spiro atoms. The molecule has 1 aromatic heterocycles. The number of rotatable bonds is 4. The van der Waals surface area contributed by atoms with E-state index in [4.69, 9.17) is 9.26 Å². The predicted octanol–water partition coefficient (Wildman–Crippen LogP) is 2.56. The summed E-state index contributed by atoms with van der Waals surface area (Å²) < 4.78 is 47.7. The van der Waals surface area contributed by atoms with Crippen LogP contribution in [0.15, 0.2) is 4.52 Å². The van der Waals surface area contributed by atoms with E-state index in [1.54, 1.807) is 0 Å². The van der Waals surface area contributed by atoms with E-state index in [0.717, 1.165) is 26.0 Å². The highest BCUT2D eigenvalue weighted by Gasteiger charge is 2.51. The van der Waals surface area contributed by atoms with Crippen LogP contribution in [-0.4, -0.2) is 46.5 Å². The number of halogens is 3. The molecule has 1 aromatic rings. The topological polar surface area (TPSA) is 51.4 Å². The zero-order valence-electron chi connectivity index (χ0n) is 12.7. The molecule has 2 aliphatic heterocycles. The van der Waals surface area contributed by atoms with Gasteiger partial charge in [-0.15, -0.1) is 0 Å². The van der Waals surface area contributed by atoms with Gasteiger partial charge in [0.15, 0.2) is 5.82 Å². The van der Waals surface area contributed by atoms with Gasteiger partial charge in [0.2, 0.25) is 5.89 Å². The Bertz CT molecular complexity index is 524. The minimum Gasteiger partial charge on any atom is -0.377 e. The molecule has 124 valence electrons. The summed E-state index contributed by atoms with van der Waals surface area (Å²) in [4.78, 5) is 6.00. The SMILES string of the molecule is CC1(C)CN(Cc2nc(CC(F)(F)F)no2)C1C1CCCO1. The Hall–Kier alpha value is -1.15. The first-order chi connectivity index (χ1) is 10.2. The van der Waals surface area contributed by atoms with Gasteiger partial charge < -0.3 is 9.26 Å². The highest BCUT2D eigenvalue weighted by molar-refractivity contribution is 5.05. The smallest absolute Gasteiger partial charge is 0.377 e. The molecule has 2 fully saturated rings. The van der Waals surface area contributed by atoms with E-state index in [1.165, 1.54) is 0 Å². The van der Waals surface area contributed by atoms with E-state index in [2.05, 4.69) is 28.9 Å². The van der Waals surface area contributed by atoms with E-state index in [-0.39, 0.29) is 29.3 Å². The number of nitrogens with zero attached hydrogens (tertiary/aromatic N) is 3. The fourth-order valence-corrected chi connectivity index (χ4v) is 3.62. The van der Waals surface area contributed by atoms with Crippen LogP contribution in [0.25, 0.3) is 0 Å². The van der Waals surface area contributed by atoms with Crippen LogP contribution in [0.2, 0.25) is 0 Å². The maximum absolute atomic E-state index is 12.3. The van der Waals surface area contributed by atoms with Crippen molar-refractivity contribution >= 4 is 0 Å². The second kappa shape index (κ2) is 5.49. The fraction of sp³-hybridized carbons (Fsp3) is 0.857. The van der Waals surface area contributed by atoms with Crippen LogP contribution in [0.5, 0.6) is 0 Å². The lowest BCUT2D eigenvalue weighted by atomic mass is 9.71. The van der Waals surface area contributed by atoms with Crippen LogP contribution < -0.4 is 0 Å². The third-order valence-electron chi connectivity index (χ3n) is 4.33. The molecule has 3 heterocycles. The van der Waals surface area contributed by atoms with Crippen molar-refractivity contribution in [2.45, 2.75) is 58.0 Å². The molecule has 0 N–H and O–H groups in total. The molecule has 2 aliphatic rings. The van der Waals surface area contributed by atoms with E-state index < -0.39 is 12.6 Å². The Morgan fingerprint density at radius 2 is 2.14 bits per heavy atom. The summed E-state index contributed by atoms with van der Waals surface area (Å²) in [6.07, 6.45) is -3.21. The molecule has 2 unspecified atom stereocenters. The van der Waals surface area contributed by atoms with Crippen molar-refractivity contribution in [2.24, 2.45) is 5.41 Å². The molecular weight excluding hydrogens is 299 g/mol. The largest absolute Gasteiger partial charge is 0.396 e. The van der Waals surface area contributed by atoms with Crippen LogP contribution in [0.4, 0.5) is 13.2 Å². The van der Waals surface area contributed by atoms with E-state index in [9.17, 15) is 13.2 Å². The first kappa shape index (κ1) is 15.7. The lowest BCUT2D eigenvalue weighted by molar-refractivity contribution is -0.128. The molecule has 2 atom stereocenters. The molecular formula is C14H20F3N3O2. The third-order valence-corrected chi connectivity index (χ3v) is 4.33. The second-order valence-electron chi connectivity index (χ2n) is 6.79. The lowest BCUT2D eigenvalue weighted by Crippen LogP contribution is -2.65. The number of ether oxygens (including phenoxy) is 1. The molecule has 8 heteroatoms. The van der Waals surface area contributed by atoms with E-state index >= 15 is 0 Å². The normalized spacial score (nSPS) is 28.8. The molecule has 22 heavy (non-hydrogen) atoms. The average molecular weight is 319 g/mol. The number of alkyl halides is 3. The number of likely N-dealkylation sites (tertiary alicyclic amines) is 1. The quantitative estimate of drug-likeness (QED) is 0.854. The second-order valence-corrected chi connectivity index (χ2v) is 6.79. The first-order valence-electron chi connectivity index (χ1n) is 7.48. The molecule has 0 bridgehead atoms. The molecule has 0 amide bonds. The zero-order valence-corrected chi connectivity index (χ0v) is 12.7. The summed E-state index contributed by atoms with van der Waals surface area (Å²) in [5.74, 6) is -0.0753. The van der Waals surface area contributed by atoms with Crippen LogP contribution >= 0.6 is 0 Å². The van der Waals surface area contributed by atoms with Gasteiger partial charge in [-0.3, -0.25) is 4.90 Å². The van der Waals surface area contributed by atoms with Crippen molar-refractivity contribution in [1.29, 1.82) is 0 Å². The van der Waals surface area contributed by atoms with Gasteiger partial charge in [0.25, 0.3) is 0 Å². The van der Waals surface area contributed by atoms with Gasteiger partial charge in [0.1, 0.15) is 6.42 Å². The van der Waals surface area contributed by atoms with Crippen molar-refractivity contribution in [1.82, 2.24) is 15.0 Å². The van der Waals surface area contributed by atoms with Gasteiger partial charge in [-0.05, 0) is 18.3 Å². The first-order valence-corrected chi connectivity index (χ1v) is 7.48. The number of aromatic nitrogens is 2. The van der Waals surface area contributed by atoms with Gasteiger partial charge >= 0.3 is 6.18 Å². The Kier molecular flexibility index (Phi) is 3.92. The minimum absolute atomic E-state index is 0.129. The van der Waals surface area contributed by atoms with Gasteiger partial charge in [-0.25, -0.2) is 0 Å². The van der Waals surface area contributed by atoms with E-state index in [1.807, 2.05) is 0 Å². The molecule has 0 saturated carbocycles. The van der Waals surface area contributed by atoms with Crippen LogP contribution in [0.1, 0.15) is 38.4 Å². The van der Waals surface area contributed by atoms with Crippen molar-refractivity contribution in [3.63, 3.8) is 0 Å². The van der Waals surface area contributed by atoms with Crippen molar-refractivity contribution in [3.8, 4) is 0 Å². The summed E-state index contributed by atoms with van der Waals surface area (Å²) in [5.41, 5.74) is 0.129. The summed E-state index contributed by atoms with van der Waals surface area (Å²) in [7, 11) is 0. The Balaban J connectivity index is 1.63. The van der Waals surface area contributed by atoms with Crippen molar-refractivity contribution < 1.29 is 22.4 Å².